The molecule has 1 rings (SSSR count). The molecule has 17 heavy (non-hydrogen) atoms. The first-order valence-electron chi connectivity index (χ1n) is 7.07. The van der Waals surface area contributed by atoms with Crippen LogP contribution in [-0.2, 0) is 4.79 Å². The number of hydrogen-bond donors (Lipinski definition) is 2. The zero-order chi connectivity index (χ0) is 12.7. The second kappa shape index (κ2) is 7.70. The molecule has 2 N–H and O–H groups in total. The highest BCUT2D eigenvalue weighted by Gasteiger charge is 2.25. The Morgan fingerprint density at radius 1 is 1.35 bits per heavy atom. The maximum absolute atomic E-state index is 11.8. The average molecular weight is 241 g/mol. The summed E-state index contributed by atoms with van der Waals surface area (Å²) in [6.07, 6.45) is 6.73. The summed E-state index contributed by atoms with van der Waals surface area (Å²) < 4.78 is 0. The maximum atomic E-state index is 11.8. The average Bonchev–Trinajstić information content (AvgIpc) is 2.36. The van der Waals surface area contributed by atoms with Crippen LogP contribution >= 0.6 is 0 Å². The van der Waals surface area contributed by atoms with Gasteiger partial charge in [-0.25, -0.2) is 0 Å². The van der Waals surface area contributed by atoms with Gasteiger partial charge in [0, 0.05) is 19.1 Å². The summed E-state index contributed by atoms with van der Waals surface area (Å²) in [4.78, 5) is 11.8. The van der Waals surface area contributed by atoms with Crippen LogP contribution < -0.4 is 5.32 Å². The largest absolute Gasteiger partial charge is 0.396 e. The van der Waals surface area contributed by atoms with Crippen LogP contribution in [0.5, 0.6) is 0 Å². The second-order valence-electron chi connectivity index (χ2n) is 5.42. The Hall–Kier alpha value is -0.570. The molecule has 1 amide bonds. The van der Waals surface area contributed by atoms with E-state index in [0.717, 1.165) is 32.2 Å². The van der Waals surface area contributed by atoms with Crippen molar-refractivity contribution < 1.29 is 9.90 Å². The normalized spacial score (nSPS) is 26.5. The topological polar surface area (TPSA) is 49.3 Å². The van der Waals surface area contributed by atoms with Gasteiger partial charge in [-0.15, -0.1) is 0 Å². The van der Waals surface area contributed by atoms with Crippen molar-refractivity contribution in [2.45, 2.75) is 52.4 Å². The maximum Gasteiger partial charge on any atom is 0.222 e. The summed E-state index contributed by atoms with van der Waals surface area (Å²) in [5, 5.41) is 12.4. The van der Waals surface area contributed by atoms with Crippen molar-refractivity contribution in [3.63, 3.8) is 0 Å². The van der Waals surface area contributed by atoms with Gasteiger partial charge in [0.05, 0.1) is 0 Å². The highest BCUT2D eigenvalue weighted by molar-refractivity contribution is 5.78. The molecule has 0 heterocycles. The van der Waals surface area contributed by atoms with Gasteiger partial charge in [-0.2, -0.15) is 0 Å². The Balaban J connectivity index is 2.30. The van der Waals surface area contributed by atoms with E-state index in [1.807, 2.05) is 6.92 Å². The molecule has 3 atom stereocenters. The van der Waals surface area contributed by atoms with Crippen LogP contribution in [0.4, 0.5) is 0 Å². The molecule has 0 saturated heterocycles. The van der Waals surface area contributed by atoms with E-state index in [9.17, 15) is 9.90 Å². The summed E-state index contributed by atoms with van der Waals surface area (Å²) >= 11 is 0. The molecule has 3 nitrogen and oxygen atoms in total. The van der Waals surface area contributed by atoms with E-state index in [1.54, 1.807) is 0 Å². The van der Waals surface area contributed by atoms with Crippen LogP contribution in [0, 0.1) is 17.8 Å². The smallest absolute Gasteiger partial charge is 0.222 e. The van der Waals surface area contributed by atoms with Crippen LogP contribution in [-0.4, -0.2) is 24.2 Å². The quantitative estimate of drug-likeness (QED) is 0.750. The van der Waals surface area contributed by atoms with Gasteiger partial charge in [-0.05, 0) is 31.1 Å². The van der Waals surface area contributed by atoms with Crippen molar-refractivity contribution in [1.29, 1.82) is 0 Å². The molecule has 0 spiro atoms. The van der Waals surface area contributed by atoms with E-state index in [1.165, 1.54) is 12.8 Å². The van der Waals surface area contributed by atoms with Gasteiger partial charge in [0.15, 0.2) is 0 Å². The molecule has 0 radical (unpaired) electrons. The molecular weight excluding hydrogens is 214 g/mol. The van der Waals surface area contributed by atoms with Crippen molar-refractivity contribution in [3.05, 3.63) is 0 Å². The SMILES string of the molecule is CCCC(C)C(=O)NCC1CCCCC1CO. The van der Waals surface area contributed by atoms with Gasteiger partial charge in [0.2, 0.25) is 5.91 Å². The van der Waals surface area contributed by atoms with Crippen molar-refractivity contribution in [2.24, 2.45) is 17.8 Å². The van der Waals surface area contributed by atoms with Crippen molar-refractivity contribution in [2.75, 3.05) is 13.2 Å². The number of aliphatic hydroxyl groups excluding tert-OH is 1. The molecule has 3 heteroatoms. The Morgan fingerprint density at radius 2 is 2.00 bits per heavy atom. The number of carbonyl (C=O) groups excluding carboxylic acids is 1. The minimum Gasteiger partial charge on any atom is -0.396 e. The van der Waals surface area contributed by atoms with Crippen LogP contribution in [0.25, 0.3) is 0 Å². The van der Waals surface area contributed by atoms with E-state index >= 15 is 0 Å². The Labute approximate surface area is 105 Å². The number of nitrogens with one attached hydrogen (secondary N) is 1. The van der Waals surface area contributed by atoms with Crippen LogP contribution in [0.3, 0.4) is 0 Å². The van der Waals surface area contributed by atoms with Gasteiger partial charge in [-0.1, -0.05) is 33.1 Å². The van der Waals surface area contributed by atoms with Crippen LogP contribution in [0.1, 0.15) is 52.4 Å². The minimum absolute atomic E-state index is 0.121. The van der Waals surface area contributed by atoms with E-state index in [0.29, 0.717) is 11.8 Å². The lowest BCUT2D eigenvalue weighted by Crippen LogP contribution is -2.37. The van der Waals surface area contributed by atoms with Gasteiger partial charge in [0.1, 0.15) is 0 Å². The number of amides is 1. The highest BCUT2D eigenvalue weighted by Crippen LogP contribution is 2.29. The number of rotatable bonds is 6. The third-order valence-corrected chi connectivity index (χ3v) is 4.01. The predicted octanol–water partition coefficient (Wildman–Crippen LogP) is 2.34. The predicted molar refractivity (Wildman–Crippen MR) is 69.6 cm³/mol. The fourth-order valence-corrected chi connectivity index (χ4v) is 2.76. The number of hydrogen-bond acceptors (Lipinski definition) is 2. The molecule has 3 unspecified atom stereocenters. The zero-order valence-corrected chi connectivity index (χ0v) is 11.2. The fraction of sp³-hybridized carbons (Fsp3) is 0.929. The summed E-state index contributed by atoms with van der Waals surface area (Å²) in [6, 6.07) is 0. The first kappa shape index (κ1) is 14.5. The van der Waals surface area contributed by atoms with E-state index in [-0.39, 0.29) is 18.4 Å². The van der Waals surface area contributed by atoms with Crippen LogP contribution in [0.15, 0.2) is 0 Å². The summed E-state index contributed by atoms with van der Waals surface area (Å²) in [7, 11) is 0. The monoisotopic (exact) mass is 241 g/mol. The van der Waals surface area contributed by atoms with Crippen molar-refractivity contribution >= 4 is 5.91 Å². The summed E-state index contributed by atoms with van der Waals surface area (Å²) in [5.74, 6) is 1.17. The second-order valence-corrected chi connectivity index (χ2v) is 5.42. The first-order chi connectivity index (χ1) is 8.19. The third-order valence-electron chi connectivity index (χ3n) is 4.01. The lowest BCUT2D eigenvalue weighted by atomic mass is 9.79. The van der Waals surface area contributed by atoms with Crippen molar-refractivity contribution in [3.8, 4) is 0 Å². The lowest BCUT2D eigenvalue weighted by Gasteiger charge is -2.30. The molecule has 0 aliphatic heterocycles. The Bertz CT molecular complexity index is 230. The standard InChI is InChI=1S/C14H27NO2/c1-3-6-11(2)14(17)15-9-12-7-4-5-8-13(12)10-16/h11-13,16H,3-10H2,1-2H3,(H,15,17). The third kappa shape index (κ3) is 4.66. The fourth-order valence-electron chi connectivity index (χ4n) is 2.76. The molecule has 1 aliphatic rings. The van der Waals surface area contributed by atoms with Gasteiger partial charge >= 0.3 is 0 Å². The molecule has 0 bridgehead atoms. The molecule has 0 aromatic rings. The number of carbonyl (C=O) groups is 1. The molecule has 1 saturated carbocycles. The highest BCUT2D eigenvalue weighted by atomic mass is 16.3. The van der Waals surface area contributed by atoms with E-state index in [2.05, 4.69) is 12.2 Å². The Kier molecular flexibility index (Phi) is 6.56. The molecule has 0 aromatic heterocycles. The molecule has 1 aliphatic carbocycles. The first-order valence-corrected chi connectivity index (χ1v) is 7.07. The lowest BCUT2D eigenvalue weighted by molar-refractivity contribution is -0.125. The van der Waals surface area contributed by atoms with Gasteiger partial charge in [-0.3, -0.25) is 4.79 Å². The number of aliphatic hydroxyl groups is 1. The molecule has 1 fully saturated rings. The van der Waals surface area contributed by atoms with E-state index in [4.69, 9.17) is 0 Å². The summed E-state index contributed by atoms with van der Waals surface area (Å²) in [5.41, 5.74) is 0. The van der Waals surface area contributed by atoms with E-state index < -0.39 is 0 Å². The minimum atomic E-state index is 0.121. The molecule has 0 aromatic carbocycles. The molecular formula is C14H27NO2. The van der Waals surface area contributed by atoms with Gasteiger partial charge < -0.3 is 10.4 Å². The Morgan fingerprint density at radius 3 is 2.59 bits per heavy atom. The zero-order valence-electron chi connectivity index (χ0n) is 11.2. The van der Waals surface area contributed by atoms with Gasteiger partial charge in [0.25, 0.3) is 0 Å². The van der Waals surface area contributed by atoms with Crippen molar-refractivity contribution in [1.82, 2.24) is 5.32 Å². The summed E-state index contributed by atoms with van der Waals surface area (Å²) in [6.45, 7) is 5.11. The molecule has 100 valence electrons. The van der Waals surface area contributed by atoms with Crippen LogP contribution in [0.2, 0.25) is 0 Å².